The van der Waals surface area contributed by atoms with Gasteiger partial charge in [-0.1, -0.05) is 53.8 Å². The van der Waals surface area contributed by atoms with Crippen molar-refractivity contribution in [1.82, 2.24) is 4.57 Å². The number of fused-ring (bicyclic) bond motifs is 1. The maximum absolute atomic E-state index is 14.0. The van der Waals surface area contributed by atoms with Gasteiger partial charge >= 0.3 is 0 Å². The van der Waals surface area contributed by atoms with Crippen LogP contribution in [0.2, 0.25) is 0 Å². The number of carbonyl (C=O) groups is 1. The highest BCUT2D eigenvalue weighted by Crippen LogP contribution is 2.33. The SMILES string of the molecule is CCOc1c(/C=c2\sc3n(c2=O)[C@@H](c2cccc(OC)c2)C(C(=O)Nc2ccccc2)=C(C)N=3)cccc1OC. The molecule has 1 N–H and O–H groups in total. The van der Waals surface area contributed by atoms with Crippen molar-refractivity contribution >= 4 is 29.0 Å². The number of carbonyl (C=O) groups excluding carboxylic acids is 1. The molecule has 9 heteroatoms. The molecule has 1 aromatic heterocycles. The molecule has 0 fully saturated rings. The van der Waals surface area contributed by atoms with Crippen LogP contribution in [-0.2, 0) is 4.79 Å². The van der Waals surface area contributed by atoms with E-state index in [9.17, 15) is 9.59 Å². The van der Waals surface area contributed by atoms with Gasteiger partial charge in [-0.15, -0.1) is 0 Å². The van der Waals surface area contributed by atoms with E-state index in [1.807, 2.05) is 79.7 Å². The van der Waals surface area contributed by atoms with E-state index in [0.717, 1.165) is 5.56 Å². The molecule has 1 aliphatic heterocycles. The average molecular weight is 556 g/mol. The lowest BCUT2D eigenvalue weighted by atomic mass is 9.95. The number of ether oxygens (including phenoxy) is 3. The number of rotatable bonds is 8. The Morgan fingerprint density at radius 2 is 1.82 bits per heavy atom. The normalized spacial score (nSPS) is 14.8. The molecule has 1 aliphatic rings. The van der Waals surface area contributed by atoms with E-state index in [4.69, 9.17) is 19.2 Å². The summed E-state index contributed by atoms with van der Waals surface area (Å²) >= 11 is 1.26. The van der Waals surface area contributed by atoms with Crippen LogP contribution in [0.4, 0.5) is 5.69 Å². The van der Waals surface area contributed by atoms with Crippen molar-refractivity contribution in [3.63, 3.8) is 0 Å². The van der Waals surface area contributed by atoms with E-state index in [1.54, 1.807) is 31.8 Å². The molecule has 1 amide bonds. The minimum Gasteiger partial charge on any atom is -0.497 e. The highest BCUT2D eigenvalue weighted by atomic mass is 32.1. The summed E-state index contributed by atoms with van der Waals surface area (Å²) in [7, 11) is 3.16. The van der Waals surface area contributed by atoms with E-state index in [2.05, 4.69) is 5.32 Å². The van der Waals surface area contributed by atoms with Gasteiger partial charge in [-0.25, -0.2) is 4.99 Å². The molecule has 0 saturated heterocycles. The number of aromatic nitrogens is 1. The number of hydrogen-bond donors (Lipinski definition) is 1. The van der Waals surface area contributed by atoms with Crippen LogP contribution in [-0.4, -0.2) is 31.3 Å². The Labute approximate surface area is 235 Å². The topological polar surface area (TPSA) is 91.2 Å². The third-order valence-corrected chi connectivity index (χ3v) is 7.49. The zero-order valence-corrected chi connectivity index (χ0v) is 23.5. The van der Waals surface area contributed by atoms with Crippen molar-refractivity contribution < 1.29 is 19.0 Å². The molecule has 3 aromatic carbocycles. The highest BCUT2D eigenvalue weighted by Gasteiger charge is 2.32. The Morgan fingerprint density at radius 3 is 2.55 bits per heavy atom. The first-order chi connectivity index (χ1) is 19.4. The number of nitrogens with zero attached hydrogens (tertiary/aromatic N) is 2. The van der Waals surface area contributed by atoms with Crippen molar-refractivity contribution in [3.8, 4) is 17.2 Å². The van der Waals surface area contributed by atoms with Gasteiger partial charge in [0, 0.05) is 11.3 Å². The van der Waals surface area contributed by atoms with Gasteiger partial charge in [0.25, 0.3) is 11.5 Å². The Kier molecular flexibility index (Phi) is 7.84. The Hall–Kier alpha value is -4.63. The van der Waals surface area contributed by atoms with Gasteiger partial charge in [-0.2, -0.15) is 0 Å². The monoisotopic (exact) mass is 555 g/mol. The molecule has 0 bridgehead atoms. The van der Waals surface area contributed by atoms with Crippen molar-refractivity contribution in [3.05, 3.63) is 115 Å². The fourth-order valence-corrected chi connectivity index (χ4v) is 5.74. The smallest absolute Gasteiger partial charge is 0.271 e. The lowest BCUT2D eigenvalue weighted by molar-refractivity contribution is -0.113. The maximum atomic E-state index is 14.0. The van der Waals surface area contributed by atoms with Crippen LogP contribution in [0.15, 0.2) is 93.9 Å². The second-order valence-electron chi connectivity index (χ2n) is 8.99. The molecule has 204 valence electrons. The number of para-hydroxylation sites is 2. The van der Waals surface area contributed by atoms with Crippen molar-refractivity contribution in [2.75, 3.05) is 26.1 Å². The summed E-state index contributed by atoms with van der Waals surface area (Å²) in [5.41, 5.74) is 2.74. The van der Waals surface area contributed by atoms with E-state index in [0.29, 0.717) is 55.7 Å². The van der Waals surface area contributed by atoms with Gasteiger partial charge in [0.05, 0.1) is 42.7 Å². The quantitative estimate of drug-likeness (QED) is 0.350. The summed E-state index contributed by atoms with van der Waals surface area (Å²) in [6.45, 7) is 4.12. The fraction of sp³-hybridized carbons (Fsp3) is 0.194. The standard InChI is InChI=1S/C31H29N3O5S/c1-5-39-28-21(12-10-16-24(28)38-4)18-25-30(36)34-27(20-11-9-15-23(17-20)37-3)26(19(2)32-31(34)40-25)29(35)33-22-13-7-6-8-14-22/h6-18,27H,5H2,1-4H3,(H,33,35)/b25-18-/t27-/m0/s1. The van der Waals surface area contributed by atoms with Gasteiger partial charge in [-0.05, 0) is 55.8 Å². The molecule has 0 spiro atoms. The molecule has 0 radical (unpaired) electrons. The lowest BCUT2D eigenvalue weighted by Gasteiger charge is -2.25. The minimum absolute atomic E-state index is 0.264. The van der Waals surface area contributed by atoms with Crippen LogP contribution in [0.1, 0.15) is 31.0 Å². The minimum atomic E-state index is -0.714. The van der Waals surface area contributed by atoms with Crippen molar-refractivity contribution in [1.29, 1.82) is 0 Å². The first-order valence-corrected chi connectivity index (χ1v) is 13.6. The van der Waals surface area contributed by atoms with Crippen LogP contribution in [0.25, 0.3) is 6.08 Å². The fourth-order valence-electron chi connectivity index (χ4n) is 4.71. The zero-order chi connectivity index (χ0) is 28.2. The largest absolute Gasteiger partial charge is 0.497 e. The van der Waals surface area contributed by atoms with E-state index in [1.165, 1.54) is 11.3 Å². The number of hydrogen-bond acceptors (Lipinski definition) is 7. The summed E-state index contributed by atoms with van der Waals surface area (Å²) in [6.07, 6.45) is 1.78. The van der Waals surface area contributed by atoms with Gasteiger partial charge in [-0.3, -0.25) is 14.2 Å². The number of benzene rings is 3. The first-order valence-electron chi connectivity index (χ1n) is 12.8. The Balaban J connectivity index is 1.70. The van der Waals surface area contributed by atoms with Crippen molar-refractivity contribution in [2.24, 2.45) is 4.99 Å². The van der Waals surface area contributed by atoms with Crippen LogP contribution >= 0.6 is 11.3 Å². The second-order valence-corrected chi connectivity index (χ2v) is 10.00. The molecule has 8 nitrogen and oxygen atoms in total. The highest BCUT2D eigenvalue weighted by molar-refractivity contribution is 7.07. The summed E-state index contributed by atoms with van der Waals surface area (Å²) in [4.78, 5) is 33.0. The number of methoxy groups -OCH3 is 2. The molecule has 4 aromatic rings. The van der Waals surface area contributed by atoms with Gasteiger partial charge in [0.1, 0.15) is 5.75 Å². The van der Waals surface area contributed by atoms with Gasteiger partial charge in [0.2, 0.25) is 0 Å². The molecule has 0 aliphatic carbocycles. The van der Waals surface area contributed by atoms with Crippen LogP contribution < -0.4 is 34.4 Å². The molecular formula is C31H29N3O5S. The van der Waals surface area contributed by atoms with E-state index >= 15 is 0 Å². The zero-order valence-electron chi connectivity index (χ0n) is 22.6. The van der Waals surface area contributed by atoms with Crippen LogP contribution in [0.5, 0.6) is 17.2 Å². The Morgan fingerprint density at radius 1 is 1.05 bits per heavy atom. The third-order valence-electron chi connectivity index (χ3n) is 6.51. The lowest BCUT2D eigenvalue weighted by Crippen LogP contribution is -2.40. The molecule has 0 unspecified atom stereocenters. The maximum Gasteiger partial charge on any atom is 0.271 e. The first kappa shape index (κ1) is 27.0. The number of thiazole rings is 1. The summed E-state index contributed by atoms with van der Waals surface area (Å²) in [5.74, 6) is 1.42. The van der Waals surface area contributed by atoms with Gasteiger partial charge in [0.15, 0.2) is 16.3 Å². The Bertz CT molecular complexity index is 1770. The molecule has 0 saturated carbocycles. The second kappa shape index (κ2) is 11.6. The average Bonchev–Trinajstić information content (AvgIpc) is 3.27. The summed E-state index contributed by atoms with van der Waals surface area (Å²) < 4.78 is 18.8. The number of allylic oxidation sites excluding steroid dienone is 1. The summed E-state index contributed by atoms with van der Waals surface area (Å²) in [5, 5.41) is 2.96. The molecule has 2 heterocycles. The van der Waals surface area contributed by atoms with Crippen LogP contribution in [0, 0.1) is 0 Å². The number of nitrogens with one attached hydrogen (secondary N) is 1. The summed E-state index contributed by atoms with van der Waals surface area (Å²) in [6, 6.07) is 21.4. The molecule has 1 atom stereocenters. The predicted octanol–water partition coefficient (Wildman–Crippen LogP) is 4.29. The molecule has 5 rings (SSSR count). The predicted molar refractivity (Wildman–Crippen MR) is 156 cm³/mol. The van der Waals surface area contributed by atoms with E-state index in [-0.39, 0.29) is 11.5 Å². The molecule has 40 heavy (non-hydrogen) atoms. The number of amides is 1. The van der Waals surface area contributed by atoms with Gasteiger partial charge < -0.3 is 19.5 Å². The van der Waals surface area contributed by atoms with E-state index < -0.39 is 6.04 Å². The number of anilines is 1. The van der Waals surface area contributed by atoms with Crippen LogP contribution in [0.3, 0.4) is 0 Å². The van der Waals surface area contributed by atoms with Crippen molar-refractivity contribution in [2.45, 2.75) is 19.9 Å². The third kappa shape index (κ3) is 5.15. The molecular weight excluding hydrogens is 526 g/mol.